The van der Waals surface area contributed by atoms with Gasteiger partial charge >= 0.3 is 0 Å². The first-order valence-corrected chi connectivity index (χ1v) is 8.50. The van der Waals surface area contributed by atoms with Crippen LogP contribution in [0.4, 0.5) is 0 Å². The lowest BCUT2D eigenvalue weighted by molar-refractivity contribution is 0.0858. The van der Waals surface area contributed by atoms with Crippen LogP contribution >= 0.6 is 0 Å². The Morgan fingerprint density at radius 1 is 1.12 bits per heavy atom. The summed E-state index contributed by atoms with van der Waals surface area (Å²) in [5.74, 6) is 1.33. The Morgan fingerprint density at radius 3 is 2.62 bits per heavy atom. The van der Waals surface area contributed by atoms with Crippen LogP contribution in [0, 0.1) is 5.92 Å². The third-order valence-electron chi connectivity index (χ3n) is 4.79. The molecule has 0 aromatic heterocycles. The quantitative estimate of drug-likeness (QED) is 0.889. The molecule has 4 rings (SSSR count). The normalized spacial score (nSPS) is 22.0. The highest BCUT2D eigenvalue weighted by atomic mass is 16.5. The number of amides is 1. The van der Waals surface area contributed by atoms with Gasteiger partial charge in [0, 0.05) is 12.0 Å². The molecule has 0 aliphatic heterocycles. The molecule has 2 N–H and O–H groups in total. The van der Waals surface area contributed by atoms with Gasteiger partial charge in [0.15, 0.2) is 0 Å². The van der Waals surface area contributed by atoms with Crippen LogP contribution in [0.15, 0.2) is 48.5 Å². The fourth-order valence-electron chi connectivity index (χ4n) is 3.17. The van der Waals surface area contributed by atoms with E-state index in [0.717, 1.165) is 23.5 Å². The third kappa shape index (κ3) is 3.15. The van der Waals surface area contributed by atoms with E-state index in [2.05, 4.69) is 5.32 Å². The number of ether oxygens (including phenoxy) is 1. The Labute approximate surface area is 141 Å². The van der Waals surface area contributed by atoms with Gasteiger partial charge in [0.2, 0.25) is 0 Å². The standard InChI is InChI=1S/C20H21NO3/c22-18-11-15-3-1-2-4-17(15)19(18)21-20(23)14-7-9-16(10-8-14)24-12-13-5-6-13/h1-4,7-10,13,18-19,22H,5-6,11-12H2,(H,21,23). The van der Waals surface area contributed by atoms with Gasteiger partial charge in [-0.3, -0.25) is 4.79 Å². The third-order valence-corrected chi connectivity index (χ3v) is 4.79. The molecule has 2 unspecified atom stereocenters. The van der Waals surface area contributed by atoms with Gasteiger partial charge in [0.1, 0.15) is 5.75 Å². The van der Waals surface area contributed by atoms with Gasteiger partial charge in [0.05, 0.1) is 18.8 Å². The number of fused-ring (bicyclic) bond motifs is 1. The van der Waals surface area contributed by atoms with Crippen molar-refractivity contribution in [3.05, 3.63) is 65.2 Å². The van der Waals surface area contributed by atoms with Gasteiger partial charge < -0.3 is 15.2 Å². The minimum atomic E-state index is -0.576. The molecule has 0 spiro atoms. The molecule has 2 aliphatic rings. The predicted octanol–water partition coefficient (Wildman–Crippen LogP) is 2.86. The van der Waals surface area contributed by atoms with Gasteiger partial charge in [-0.2, -0.15) is 0 Å². The summed E-state index contributed by atoms with van der Waals surface area (Å²) < 4.78 is 5.69. The molecule has 4 nitrogen and oxygen atoms in total. The lowest BCUT2D eigenvalue weighted by Crippen LogP contribution is -2.33. The molecule has 1 amide bonds. The SMILES string of the molecule is O=C(NC1c2ccccc2CC1O)c1ccc(OCC2CC2)cc1. The van der Waals surface area contributed by atoms with Crippen LogP contribution in [0.25, 0.3) is 0 Å². The van der Waals surface area contributed by atoms with Gasteiger partial charge in [-0.05, 0) is 54.2 Å². The van der Waals surface area contributed by atoms with Crippen LogP contribution in [-0.4, -0.2) is 23.7 Å². The maximum absolute atomic E-state index is 12.5. The average Bonchev–Trinajstić information content (AvgIpc) is 3.38. The van der Waals surface area contributed by atoms with Crippen molar-refractivity contribution < 1.29 is 14.6 Å². The van der Waals surface area contributed by atoms with Crippen molar-refractivity contribution in [3.8, 4) is 5.75 Å². The highest BCUT2D eigenvalue weighted by molar-refractivity contribution is 5.94. The Balaban J connectivity index is 1.42. The second kappa shape index (κ2) is 6.29. The van der Waals surface area contributed by atoms with Crippen molar-refractivity contribution in [1.82, 2.24) is 5.32 Å². The number of aliphatic hydroxyl groups is 1. The van der Waals surface area contributed by atoms with E-state index in [4.69, 9.17) is 4.74 Å². The van der Waals surface area contributed by atoms with E-state index < -0.39 is 6.10 Å². The summed E-state index contributed by atoms with van der Waals surface area (Å²) in [5.41, 5.74) is 2.67. The molecule has 1 saturated carbocycles. The summed E-state index contributed by atoms with van der Waals surface area (Å²) in [5, 5.41) is 13.2. The molecule has 0 radical (unpaired) electrons. The van der Waals surface area contributed by atoms with Crippen LogP contribution in [-0.2, 0) is 6.42 Å². The molecule has 24 heavy (non-hydrogen) atoms. The number of aliphatic hydroxyl groups excluding tert-OH is 1. The van der Waals surface area contributed by atoms with Crippen LogP contribution in [0.1, 0.15) is 40.4 Å². The first-order valence-electron chi connectivity index (χ1n) is 8.50. The highest BCUT2D eigenvalue weighted by Gasteiger charge is 2.32. The number of nitrogens with one attached hydrogen (secondary N) is 1. The van der Waals surface area contributed by atoms with E-state index >= 15 is 0 Å². The summed E-state index contributed by atoms with van der Waals surface area (Å²) in [7, 11) is 0. The van der Waals surface area contributed by atoms with Crippen LogP contribution in [0.5, 0.6) is 5.75 Å². The van der Waals surface area contributed by atoms with Gasteiger partial charge in [-0.25, -0.2) is 0 Å². The molecule has 2 atom stereocenters. The molecule has 0 saturated heterocycles. The van der Waals surface area contributed by atoms with E-state index in [9.17, 15) is 9.90 Å². The second-order valence-corrected chi connectivity index (χ2v) is 6.70. The number of hydrogen-bond acceptors (Lipinski definition) is 3. The molecule has 2 aliphatic carbocycles. The van der Waals surface area contributed by atoms with Crippen molar-refractivity contribution in [2.24, 2.45) is 5.92 Å². The number of rotatable bonds is 5. The maximum atomic E-state index is 12.5. The lowest BCUT2D eigenvalue weighted by atomic mass is 10.1. The Hall–Kier alpha value is -2.33. The van der Waals surface area contributed by atoms with Gasteiger partial charge in [0.25, 0.3) is 5.91 Å². The Kier molecular flexibility index (Phi) is 3.98. The van der Waals surface area contributed by atoms with Crippen molar-refractivity contribution in [1.29, 1.82) is 0 Å². The minimum Gasteiger partial charge on any atom is -0.493 e. The first-order chi connectivity index (χ1) is 11.7. The molecule has 1 fully saturated rings. The van der Waals surface area contributed by atoms with E-state index in [0.29, 0.717) is 17.9 Å². The number of carbonyl (C=O) groups is 1. The van der Waals surface area contributed by atoms with Crippen molar-refractivity contribution in [2.75, 3.05) is 6.61 Å². The topological polar surface area (TPSA) is 58.6 Å². The fourth-order valence-corrected chi connectivity index (χ4v) is 3.17. The van der Waals surface area contributed by atoms with E-state index in [1.165, 1.54) is 12.8 Å². The molecular weight excluding hydrogens is 302 g/mol. The molecular formula is C20H21NO3. The molecule has 0 heterocycles. The lowest BCUT2D eigenvalue weighted by Gasteiger charge is -2.18. The number of carbonyl (C=O) groups excluding carboxylic acids is 1. The van der Waals surface area contributed by atoms with Gasteiger partial charge in [-0.15, -0.1) is 0 Å². The minimum absolute atomic E-state index is 0.176. The summed E-state index contributed by atoms with van der Waals surface area (Å²) in [6, 6.07) is 14.7. The molecule has 2 aromatic carbocycles. The van der Waals surface area contributed by atoms with Crippen molar-refractivity contribution >= 4 is 5.91 Å². The van der Waals surface area contributed by atoms with Crippen LogP contribution in [0.3, 0.4) is 0 Å². The summed E-state index contributed by atoms with van der Waals surface area (Å²) in [6.07, 6.45) is 2.51. The molecule has 124 valence electrons. The fraction of sp³-hybridized carbons (Fsp3) is 0.350. The van der Waals surface area contributed by atoms with Crippen LogP contribution in [0.2, 0.25) is 0 Å². The summed E-state index contributed by atoms with van der Waals surface area (Å²) >= 11 is 0. The summed E-state index contributed by atoms with van der Waals surface area (Å²) in [6.45, 7) is 0.761. The zero-order chi connectivity index (χ0) is 16.5. The summed E-state index contributed by atoms with van der Waals surface area (Å²) in [4.78, 5) is 12.5. The largest absolute Gasteiger partial charge is 0.493 e. The number of benzene rings is 2. The average molecular weight is 323 g/mol. The predicted molar refractivity (Wildman–Crippen MR) is 91.0 cm³/mol. The number of hydrogen-bond donors (Lipinski definition) is 2. The monoisotopic (exact) mass is 323 g/mol. The zero-order valence-electron chi connectivity index (χ0n) is 13.4. The smallest absolute Gasteiger partial charge is 0.251 e. The second-order valence-electron chi connectivity index (χ2n) is 6.70. The van der Waals surface area contributed by atoms with E-state index in [-0.39, 0.29) is 11.9 Å². The van der Waals surface area contributed by atoms with Crippen molar-refractivity contribution in [2.45, 2.75) is 31.4 Å². The Morgan fingerprint density at radius 2 is 1.88 bits per heavy atom. The zero-order valence-corrected chi connectivity index (χ0v) is 13.4. The highest BCUT2D eigenvalue weighted by Crippen LogP contribution is 2.32. The first kappa shape index (κ1) is 15.2. The maximum Gasteiger partial charge on any atom is 0.251 e. The van der Waals surface area contributed by atoms with E-state index in [1.54, 1.807) is 12.1 Å². The van der Waals surface area contributed by atoms with E-state index in [1.807, 2.05) is 36.4 Å². The van der Waals surface area contributed by atoms with Gasteiger partial charge in [-0.1, -0.05) is 24.3 Å². The molecule has 0 bridgehead atoms. The Bertz CT molecular complexity index is 737. The molecule has 4 heteroatoms. The molecule has 2 aromatic rings. The van der Waals surface area contributed by atoms with Crippen molar-refractivity contribution in [3.63, 3.8) is 0 Å². The van der Waals surface area contributed by atoms with Crippen LogP contribution < -0.4 is 10.1 Å².